The lowest BCUT2D eigenvalue weighted by Crippen LogP contribution is -2.40. The number of nitrogens with one attached hydrogen (secondary N) is 1. The van der Waals surface area contributed by atoms with Crippen LogP contribution in [0.15, 0.2) is 18.2 Å². The van der Waals surface area contributed by atoms with Gasteiger partial charge in [0.05, 0.1) is 11.1 Å². The van der Waals surface area contributed by atoms with Crippen molar-refractivity contribution < 1.29 is 14.4 Å². The summed E-state index contributed by atoms with van der Waals surface area (Å²) < 4.78 is 0. The molecule has 1 atom stereocenters. The molecule has 6 nitrogen and oxygen atoms in total. The molecule has 0 radical (unpaired) electrons. The van der Waals surface area contributed by atoms with Gasteiger partial charge in [0.15, 0.2) is 0 Å². The summed E-state index contributed by atoms with van der Waals surface area (Å²) in [5.74, 6) is -0.730. The number of rotatable bonds is 3. The van der Waals surface area contributed by atoms with Gasteiger partial charge in [-0.25, -0.2) is 0 Å². The van der Waals surface area contributed by atoms with Crippen LogP contribution in [0.3, 0.4) is 0 Å². The molecule has 0 aliphatic carbocycles. The Labute approximate surface area is 141 Å². The molecule has 2 heterocycles. The van der Waals surface area contributed by atoms with Crippen LogP contribution in [0, 0.1) is 0 Å². The zero-order chi connectivity index (χ0) is 15.9. The maximum Gasteiger partial charge on any atom is 0.261 e. The van der Waals surface area contributed by atoms with E-state index in [0.29, 0.717) is 16.7 Å². The third kappa shape index (κ3) is 2.84. The molecule has 1 aromatic carbocycles. The van der Waals surface area contributed by atoms with Gasteiger partial charge in [0, 0.05) is 31.7 Å². The Balaban J connectivity index is 0.00000192. The Morgan fingerprint density at radius 2 is 1.96 bits per heavy atom. The lowest BCUT2D eigenvalue weighted by atomic mass is 10.0. The van der Waals surface area contributed by atoms with Crippen LogP contribution in [0.5, 0.6) is 0 Å². The zero-order valence-electron chi connectivity index (χ0n) is 13.2. The van der Waals surface area contributed by atoms with E-state index in [2.05, 4.69) is 5.32 Å². The van der Waals surface area contributed by atoms with Gasteiger partial charge in [0.2, 0.25) is 0 Å². The van der Waals surface area contributed by atoms with Gasteiger partial charge in [-0.05, 0) is 38.1 Å². The van der Waals surface area contributed by atoms with Crippen molar-refractivity contribution >= 4 is 30.1 Å². The zero-order valence-corrected chi connectivity index (χ0v) is 14.0. The van der Waals surface area contributed by atoms with E-state index in [9.17, 15) is 14.4 Å². The highest BCUT2D eigenvalue weighted by molar-refractivity contribution is 6.21. The molecule has 1 saturated heterocycles. The standard InChI is InChI=1S/C16H19N3O3.ClH/c1-17-9-11-4-3-7-19(11)14(20)10-5-6-12-13(8-10)16(22)18(2)15(12)21;/h5-6,8,11,17H,3-4,7,9H2,1-2H3;1H. The fourth-order valence-electron chi connectivity index (χ4n) is 3.21. The van der Waals surface area contributed by atoms with Crippen molar-refractivity contribution in [2.75, 3.05) is 27.2 Å². The van der Waals surface area contributed by atoms with Gasteiger partial charge in [-0.2, -0.15) is 0 Å². The molecule has 124 valence electrons. The highest BCUT2D eigenvalue weighted by atomic mass is 35.5. The number of benzene rings is 1. The first kappa shape index (κ1) is 17.4. The van der Waals surface area contributed by atoms with Gasteiger partial charge < -0.3 is 10.2 Å². The van der Waals surface area contributed by atoms with Gasteiger partial charge in [-0.1, -0.05) is 0 Å². The van der Waals surface area contributed by atoms with E-state index in [0.717, 1.165) is 30.8 Å². The van der Waals surface area contributed by atoms with Crippen LogP contribution in [-0.2, 0) is 0 Å². The van der Waals surface area contributed by atoms with Crippen LogP contribution in [0.2, 0.25) is 0 Å². The molecule has 0 saturated carbocycles. The van der Waals surface area contributed by atoms with E-state index >= 15 is 0 Å². The van der Waals surface area contributed by atoms with Gasteiger partial charge in [-0.3, -0.25) is 19.3 Å². The first-order valence-electron chi connectivity index (χ1n) is 7.46. The Kier molecular flexibility index (Phi) is 5.06. The van der Waals surface area contributed by atoms with Crippen molar-refractivity contribution in [1.29, 1.82) is 0 Å². The maximum absolute atomic E-state index is 12.7. The van der Waals surface area contributed by atoms with E-state index in [4.69, 9.17) is 0 Å². The van der Waals surface area contributed by atoms with Crippen molar-refractivity contribution in [2.45, 2.75) is 18.9 Å². The van der Waals surface area contributed by atoms with E-state index < -0.39 is 0 Å². The summed E-state index contributed by atoms with van der Waals surface area (Å²) in [6.07, 6.45) is 1.97. The molecule has 3 rings (SSSR count). The highest BCUT2D eigenvalue weighted by Gasteiger charge is 2.34. The molecule has 1 fully saturated rings. The summed E-state index contributed by atoms with van der Waals surface area (Å²) in [6.45, 7) is 1.49. The summed E-state index contributed by atoms with van der Waals surface area (Å²) in [7, 11) is 3.33. The molecule has 0 bridgehead atoms. The number of halogens is 1. The monoisotopic (exact) mass is 337 g/mol. The molecular formula is C16H20ClN3O3. The number of likely N-dealkylation sites (N-methyl/N-ethyl adjacent to an activating group) is 1. The average Bonchev–Trinajstić information content (AvgIpc) is 3.07. The van der Waals surface area contributed by atoms with Gasteiger partial charge in [-0.15, -0.1) is 12.4 Å². The second kappa shape index (κ2) is 6.68. The molecule has 23 heavy (non-hydrogen) atoms. The topological polar surface area (TPSA) is 69.7 Å². The Bertz CT molecular complexity index is 662. The first-order valence-corrected chi connectivity index (χ1v) is 7.46. The third-order valence-electron chi connectivity index (χ3n) is 4.41. The minimum atomic E-state index is -0.345. The van der Waals surface area contributed by atoms with E-state index in [1.807, 2.05) is 11.9 Å². The maximum atomic E-state index is 12.7. The number of likely N-dealkylation sites (tertiary alicyclic amines) is 1. The Morgan fingerprint density at radius 3 is 2.65 bits per heavy atom. The number of imide groups is 1. The number of carbonyl (C=O) groups excluding carboxylic acids is 3. The van der Waals surface area contributed by atoms with Gasteiger partial charge in [0.1, 0.15) is 0 Å². The molecule has 1 unspecified atom stereocenters. The largest absolute Gasteiger partial charge is 0.334 e. The number of amides is 3. The molecule has 0 aromatic heterocycles. The number of hydrogen-bond acceptors (Lipinski definition) is 4. The van der Waals surface area contributed by atoms with E-state index in [-0.39, 0.29) is 36.2 Å². The molecule has 0 spiro atoms. The summed E-state index contributed by atoms with van der Waals surface area (Å²) in [6, 6.07) is 4.96. The second-order valence-corrected chi connectivity index (χ2v) is 5.78. The molecule has 2 aliphatic rings. The predicted molar refractivity (Wildman–Crippen MR) is 88.1 cm³/mol. The van der Waals surface area contributed by atoms with Crippen LogP contribution >= 0.6 is 12.4 Å². The van der Waals surface area contributed by atoms with Crippen LogP contribution in [0.4, 0.5) is 0 Å². The summed E-state index contributed by atoms with van der Waals surface area (Å²) in [5, 5.41) is 3.11. The Morgan fingerprint density at radius 1 is 1.26 bits per heavy atom. The Hall–Kier alpha value is -1.92. The normalized spacial score (nSPS) is 19.8. The second-order valence-electron chi connectivity index (χ2n) is 5.78. The number of hydrogen-bond donors (Lipinski definition) is 1. The number of carbonyl (C=O) groups is 3. The predicted octanol–water partition coefficient (Wildman–Crippen LogP) is 1.16. The lowest BCUT2D eigenvalue weighted by molar-refractivity contribution is 0.0692. The van der Waals surface area contributed by atoms with Gasteiger partial charge in [0.25, 0.3) is 17.7 Å². The van der Waals surface area contributed by atoms with Crippen molar-refractivity contribution in [3.05, 3.63) is 34.9 Å². The van der Waals surface area contributed by atoms with Crippen molar-refractivity contribution in [1.82, 2.24) is 15.1 Å². The van der Waals surface area contributed by atoms with Gasteiger partial charge >= 0.3 is 0 Å². The molecule has 1 N–H and O–H groups in total. The van der Waals surface area contributed by atoms with Crippen LogP contribution in [-0.4, -0.2) is 60.7 Å². The fraction of sp³-hybridized carbons (Fsp3) is 0.438. The highest BCUT2D eigenvalue weighted by Crippen LogP contribution is 2.25. The fourth-order valence-corrected chi connectivity index (χ4v) is 3.21. The van der Waals surface area contributed by atoms with Crippen molar-refractivity contribution in [3.8, 4) is 0 Å². The minimum absolute atomic E-state index is 0. The van der Waals surface area contributed by atoms with Crippen LogP contribution in [0.25, 0.3) is 0 Å². The molecule has 7 heteroatoms. The van der Waals surface area contributed by atoms with Crippen molar-refractivity contribution in [2.24, 2.45) is 0 Å². The molecule has 1 aromatic rings. The molecular weight excluding hydrogens is 318 g/mol. The minimum Gasteiger partial charge on any atom is -0.334 e. The van der Waals surface area contributed by atoms with E-state index in [1.165, 1.54) is 7.05 Å². The molecule has 3 amide bonds. The average molecular weight is 338 g/mol. The smallest absolute Gasteiger partial charge is 0.261 e. The number of fused-ring (bicyclic) bond motifs is 1. The SMILES string of the molecule is CNCC1CCCN1C(=O)c1ccc2c(c1)C(=O)N(C)C2=O.Cl. The van der Waals surface area contributed by atoms with Crippen molar-refractivity contribution in [3.63, 3.8) is 0 Å². The summed E-state index contributed by atoms with van der Waals surface area (Å²) >= 11 is 0. The summed E-state index contributed by atoms with van der Waals surface area (Å²) in [4.78, 5) is 39.5. The third-order valence-corrected chi connectivity index (χ3v) is 4.41. The first-order chi connectivity index (χ1) is 10.5. The van der Waals surface area contributed by atoms with Crippen LogP contribution < -0.4 is 5.32 Å². The number of nitrogens with zero attached hydrogens (tertiary/aromatic N) is 2. The van der Waals surface area contributed by atoms with Crippen LogP contribution in [0.1, 0.15) is 43.9 Å². The quantitative estimate of drug-likeness (QED) is 0.840. The van der Waals surface area contributed by atoms with E-state index in [1.54, 1.807) is 18.2 Å². The summed E-state index contributed by atoms with van der Waals surface area (Å²) in [5.41, 5.74) is 1.16. The molecule has 2 aliphatic heterocycles. The lowest BCUT2D eigenvalue weighted by Gasteiger charge is -2.24.